The van der Waals surface area contributed by atoms with E-state index in [-0.39, 0.29) is 5.91 Å². The highest BCUT2D eigenvalue weighted by atomic mass is 16.5. The third-order valence-corrected chi connectivity index (χ3v) is 4.86. The molecule has 0 saturated carbocycles. The van der Waals surface area contributed by atoms with Gasteiger partial charge < -0.3 is 14.5 Å². The van der Waals surface area contributed by atoms with Crippen molar-refractivity contribution in [3.63, 3.8) is 0 Å². The number of ether oxygens (including phenoxy) is 1. The van der Waals surface area contributed by atoms with Gasteiger partial charge in [0.2, 0.25) is 5.91 Å². The molecule has 1 atom stereocenters. The Labute approximate surface area is 138 Å². The normalized spacial score (nSPS) is 22.1. The number of rotatable bonds is 5. The first-order chi connectivity index (χ1) is 11.3. The van der Waals surface area contributed by atoms with E-state index < -0.39 is 0 Å². The van der Waals surface area contributed by atoms with Gasteiger partial charge in [0, 0.05) is 25.2 Å². The fraction of sp³-hybridized carbons (Fsp3) is 0.526. The summed E-state index contributed by atoms with van der Waals surface area (Å²) in [6.07, 6.45) is 8.48. The second kappa shape index (κ2) is 7.64. The molecule has 0 radical (unpaired) electrons. The molecule has 4 nitrogen and oxygen atoms in total. The van der Waals surface area contributed by atoms with Crippen LogP contribution in [0.3, 0.4) is 0 Å². The Balaban J connectivity index is 1.58. The second-order valence-corrected chi connectivity index (χ2v) is 6.44. The highest BCUT2D eigenvalue weighted by Crippen LogP contribution is 2.21. The molecule has 2 aliphatic heterocycles. The molecule has 23 heavy (non-hydrogen) atoms. The van der Waals surface area contributed by atoms with Gasteiger partial charge >= 0.3 is 0 Å². The predicted octanol–water partition coefficient (Wildman–Crippen LogP) is 2.80. The van der Waals surface area contributed by atoms with Gasteiger partial charge in [-0.05, 0) is 62.5 Å². The smallest absolute Gasteiger partial charge is 0.246 e. The van der Waals surface area contributed by atoms with Crippen LogP contribution in [0.4, 0.5) is 0 Å². The predicted molar refractivity (Wildman–Crippen MR) is 92.4 cm³/mol. The first-order valence-electron chi connectivity index (χ1n) is 8.61. The summed E-state index contributed by atoms with van der Waals surface area (Å²) in [7, 11) is 1.66. The van der Waals surface area contributed by atoms with Gasteiger partial charge in [-0.1, -0.05) is 12.1 Å². The van der Waals surface area contributed by atoms with Gasteiger partial charge in [-0.3, -0.25) is 4.79 Å². The molecule has 1 amide bonds. The third kappa shape index (κ3) is 4.14. The van der Waals surface area contributed by atoms with E-state index in [4.69, 9.17) is 4.74 Å². The topological polar surface area (TPSA) is 32.8 Å². The van der Waals surface area contributed by atoms with Gasteiger partial charge in [0.25, 0.3) is 0 Å². The molecule has 2 saturated heterocycles. The van der Waals surface area contributed by atoms with E-state index in [1.807, 2.05) is 30.3 Å². The van der Waals surface area contributed by atoms with Crippen molar-refractivity contribution in [2.75, 3.05) is 33.3 Å². The minimum atomic E-state index is 0.141. The number of amides is 1. The van der Waals surface area contributed by atoms with Gasteiger partial charge in [-0.15, -0.1) is 0 Å². The van der Waals surface area contributed by atoms with Crippen LogP contribution < -0.4 is 4.74 Å². The Morgan fingerprint density at radius 2 is 1.91 bits per heavy atom. The van der Waals surface area contributed by atoms with E-state index >= 15 is 0 Å². The molecule has 2 fully saturated rings. The van der Waals surface area contributed by atoms with Gasteiger partial charge in [0.1, 0.15) is 5.75 Å². The van der Waals surface area contributed by atoms with E-state index in [2.05, 4.69) is 9.80 Å². The number of hydrogen-bond donors (Lipinski definition) is 0. The third-order valence-electron chi connectivity index (χ3n) is 4.86. The van der Waals surface area contributed by atoms with Crippen LogP contribution in [0.15, 0.2) is 30.3 Å². The molecule has 0 N–H and O–H groups in total. The van der Waals surface area contributed by atoms with Crippen LogP contribution in [0.25, 0.3) is 6.08 Å². The van der Waals surface area contributed by atoms with Crippen LogP contribution in [0, 0.1) is 0 Å². The maximum atomic E-state index is 12.5. The number of likely N-dealkylation sites (tertiary alicyclic amines) is 2. The molecular formula is C19H26N2O2. The van der Waals surface area contributed by atoms with Crippen molar-refractivity contribution in [3.05, 3.63) is 35.9 Å². The van der Waals surface area contributed by atoms with Crippen molar-refractivity contribution in [1.29, 1.82) is 0 Å². The second-order valence-electron chi connectivity index (χ2n) is 6.44. The van der Waals surface area contributed by atoms with Gasteiger partial charge in [-0.2, -0.15) is 0 Å². The summed E-state index contributed by atoms with van der Waals surface area (Å²) < 4.78 is 5.15. The summed E-state index contributed by atoms with van der Waals surface area (Å²) in [6.45, 7) is 4.33. The maximum absolute atomic E-state index is 12.5. The largest absolute Gasteiger partial charge is 0.497 e. The Hall–Kier alpha value is -1.81. The summed E-state index contributed by atoms with van der Waals surface area (Å²) in [5.74, 6) is 0.973. The summed E-state index contributed by atoms with van der Waals surface area (Å²) in [6, 6.07) is 8.15. The van der Waals surface area contributed by atoms with Crippen molar-refractivity contribution in [3.8, 4) is 5.75 Å². The molecule has 1 unspecified atom stereocenters. The molecule has 0 spiro atoms. The zero-order valence-corrected chi connectivity index (χ0v) is 13.9. The minimum absolute atomic E-state index is 0.141. The zero-order valence-electron chi connectivity index (χ0n) is 13.9. The molecule has 3 rings (SSSR count). The molecule has 1 aromatic rings. The lowest BCUT2D eigenvalue weighted by Gasteiger charge is -2.27. The molecule has 0 bridgehead atoms. The van der Waals surface area contributed by atoms with Crippen LogP contribution in [0.5, 0.6) is 5.75 Å². The van der Waals surface area contributed by atoms with Gasteiger partial charge in [0.15, 0.2) is 0 Å². The molecule has 1 aromatic carbocycles. The van der Waals surface area contributed by atoms with Crippen LogP contribution in [0.1, 0.15) is 31.2 Å². The average molecular weight is 314 g/mol. The molecule has 2 aliphatic rings. The van der Waals surface area contributed by atoms with Crippen molar-refractivity contribution < 1.29 is 9.53 Å². The fourth-order valence-electron chi connectivity index (χ4n) is 3.56. The Morgan fingerprint density at radius 3 is 2.61 bits per heavy atom. The Morgan fingerprint density at radius 1 is 1.17 bits per heavy atom. The Kier molecular flexibility index (Phi) is 5.34. The number of carbonyl (C=O) groups excluding carboxylic acids is 1. The van der Waals surface area contributed by atoms with Crippen LogP contribution in [-0.2, 0) is 4.79 Å². The first-order valence-corrected chi connectivity index (χ1v) is 8.61. The lowest BCUT2D eigenvalue weighted by atomic mass is 10.2. The van der Waals surface area contributed by atoms with Crippen molar-refractivity contribution >= 4 is 12.0 Å². The molecule has 0 aliphatic carbocycles. The van der Waals surface area contributed by atoms with E-state index in [1.165, 1.54) is 25.9 Å². The number of hydrogen-bond acceptors (Lipinski definition) is 3. The number of methoxy groups -OCH3 is 1. The van der Waals surface area contributed by atoms with Crippen LogP contribution in [-0.4, -0.2) is 55.0 Å². The highest BCUT2D eigenvalue weighted by Gasteiger charge is 2.29. The highest BCUT2D eigenvalue weighted by molar-refractivity contribution is 5.92. The van der Waals surface area contributed by atoms with Gasteiger partial charge in [-0.25, -0.2) is 0 Å². The quantitative estimate of drug-likeness (QED) is 0.784. The molecule has 4 heteroatoms. The van der Waals surface area contributed by atoms with E-state index in [1.54, 1.807) is 13.2 Å². The lowest BCUT2D eigenvalue weighted by molar-refractivity contribution is -0.127. The lowest BCUT2D eigenvalue weighted by Crippen LogP contribution is -2.41. The summed E-state index contributed by atoms with van der Waals surface area (Å²) >= 11 is 0. The molecular weight excluding hydrogens is 288 g/mol. The first kappa shape index (κ1) is 16.1. The molecule has 0 aromatic heterocycles. The van der Waals surface area contributed by atoms with Crippen molar-refractivity contribution in [2.24, 2.45) is 0 Å². The molecule has 124 valence electrons. The summed E-state index contributed by atoms with van der Waals surface area (Å²) in [5, 5.41) is 0. The summed E-state index contributed by atoms with van der Waals surface area (Å²) in [5.41, 5.74) is 1.02. The van der Waals surface area contributed by atoms with Crippen molar-refractivity contribution in [2.45, 2.75) is 31.7 Å². The SMILES string of the molecule is COc1ccc(C=CC(=O)N2CCCC2CN2CCCC2)cc1. The minimum Gasteiger partial charge on any atom is -0.497 e. The maximum Gasteiger partial charge on any atom is 0.246 e. The summed E-state index contributed by atoms with van der Waals surface area (Å²) in [4.78, 5) is 17.1. The Bertz CT molecular complexity index is 547. The molecule has 2 heterocycles. The fourth-order valence-corrected chi connectivity index (χ4v) is 3.56. The average Bonchev–Trinajstić information content (AvgIpc) is 3.25. The standard InChI is InChI=1S/C19H26N2O2/c1-23-18-9-6-16(7-10-18)8-11-19(22)21-14-4-5-17(21)15-20-12-2-3-13-20/h6-11,17H,2-5,12-15H2,1H3. The van der Waals surface area contributed by atoms with E-state index in [0.29, 0.717) is 6.04 Å². The number of nitrogens with zero attached hydrogens (tertiary/aromatic N) is 2. The van der Waals surface area contributed by atoms with Crippen molar-refractivity contribution in [1.82, 2.24) is 9.80 Å². The zero-order chi connectivity index (χ0) is 16.1. The monoisotopic (exact) mass is 314 g/mol. The van der Waals surface area contributed by atoms with Crippen LogP contribution >= 0.6 is 0 Å². The number of carbonyl (C=O) groups is 1. The van der Waals surface area contributed by atoms with E-state index in [9.17, 15) is 4.79 Å². The van der Waals surface area contributed by atoms with E-state index in [0.717, 1.165) is 37.2 Å². The number of benzene rings is 1. The van der Waals surface area contributed by atoms with Gasteiger partial charge in [0.05, 0.1) is 7.11 Å². The van der Waals surface area contributed by atoms with Crippen LogP contribution in [0.2, 0.25) is 0 Å².